The smallest absolute Gasteiger partial charge is 0.331 e. The SMILES string of the molecule is C=C(C(=O)O)C(CCCCCCCCCCCCCCCCCC)CCCCCCCCCCCCCCCCCCCC. The monoisotopic (exact) mass is 619 g/mol. The van der Waals surface area contributed by atoms with E-state index >= 15 is 0 Å². The van der Waals surface area contributed by atoms with Crippen LogP contribution in [0.2, 0.25) is 0 Å². The number of hydrogen-bond donors (Lipinski definition) is 1. The van der Waals surface area contributed by atoms with Crippen molar-refractivity contribution in [1.29, 1.82) is 0 Å². The van der Waals surface area contributed by atoms with E-state index in [4.69, 9.17) is 0 Å². The van der Waals surface area contributed by atoms with Crippen LogP contribution in [0, 0.1) is 5.92 Å². The molecular formula is C42H82O2. The molecule has 0 amide bonds. The third-order valence-electron chi connectivity index (χ3n) is 10.1. The average molecular weight is 619 g/mol. The predicted molar refractivity (Wildman–Crippen MR) is 198 cm³/mol. The zero-order chi connectivity index (χ0) is 32.2. The zero-order valence-corrected chi connectivity index (χ0v) is 30.6. The maximum Gasteiger partial charge on any atom is 0.331 e. The lowest BCUT2D eigenvalue weighted by Crippen LogP contribution is -2.12. The summed E-state index contributed by atoms with van der Waals surface area (Å²) in [5.74, 6) is -0.603. The van der Waals surface area contributed by atoms with E-state index in [-0.39, 0.29) is 5.92 Å². The molecule has 0 saturated heterocycles. The van der Waals surface area contributed by atoms with Crippen LogP contribution in [-0.2, 0) is 4.79 Å². The zero-order valence-electron chi connectivity index (χ0n) is 30.6. The van der Waals surface area contributed by atoms with Crippen molar-refractivity contribution in [3.05, 3.63) is 12.2 Å². The number of carboxylic acid groups (broad SMARTS) is 1. The summed E-state index contributed by atoms with van der Waals surface area (Å²) in [5, 5.41) is 9.54. The predicted octanol–water partition coefficient (Wildman–Crippen LogP) is 15.3. The first kappa shape index (κ1) is 43.2. The Bertz CT molecular complexity index is 582. The van der Waals surface area contributed by atoms with Gasteiger partial charge < -0.3 is 5.11 Å². The fourth-order valence-corrected chi connectivity index (χ4v) is 6.90. The van der Waals surface area contributed by atoms with E-state index in [1.54, 1.807) is 0 Å². The molecular weight excluding hydrogens is 536 g/mol. The van der Waals surface area contributed by atoms with Crippen LogP contribution in [0.25, 0.3) is 0 Å². The Hall–Kier alpha value is -0.790. The highest BCUT2D eigenvalue weighted by Crippen LogP contribution is 2.25. The fraction of sp³-hybridized carbons (Fsp3) is 0.929. The van der Waals surface area contributed by atoms with Crippen LogP contribution in [0.5, 0.6) is 0 Å². The molecule has 0 saturated carbocycles. The van der Waals surface area contributed by atoms with Crippen molar-refractivity contribution in [3.63, 3.8) is 0 Å². The molecule has 262 valence electrons. The molecule has 0 bridgehead atoms. The summed E-state index contributed by atoms with van der Waals surface area (Å²) >= 11 is 0. The maximum absolute atomic E-state index is 11.6. The number of unbranched alkanes of at least 4 members (excludes halogenated alkanes) is 32. The van der Waals surface area contributed by atoms with E-state index in [1.807, 2.05) is 0 Å². The first-order chi connectivity index (χ1) is 21.6. The van der Waals surface area contributed by atoms with E-state index in [2.05, 4.69) is 20.4 Å². The second-order valence-electron chi connectivity index (χ2n) is 14.4. The molecule has 0 aliphatic carbocycles. The first-order valence-corrected chi connectivity index (χ1v) is 20.6. The summed E-state index contributed by atoms with van der Waals surface area (Å²) in [6.07, 6.45) is 49.1. The molecule has 1 atom stereocenters. The molecule has 44 heavy (non-hydrogen) atoms. The molecule has 2 nitrogen and oxygen atoms in total. The minimum absolute atomic E-state index is 0.181. The Morgan fingerprint density at radius 2 is 0.568 bits per heavy atom. The number of rotatable bonds is 38. The van der Waals surface area contributed by atoms with Gasteiger partial charge in [0.15, 0.2) is 0 Å². The van der Waals surface area contributed by atoms with Crippen molar-refractivity contribution in [1.82, 2.24) is 0 Å². The van der Waals surface area contributed by atoms with Gasteiger partial charge in [-0.3, -0.25) is 0 Å². The van der Waals surface area contributed by atoms with Crippen LogP contribution in [0.15, 0.2) is 12.2 Å². The van der Waals surface area contributed by atoms with E-state index in [1.165, 1.54) is 205 Å². The summed E-state index contributed by atoms with van der Waals surface area (Å²) < 4.78 is 0. The van der Waals surface area contributed by atoms with Crippen molar-refractivity contribution >= 4 is 5.97 Å². The van der Waals surface area contributed by atoms with Crippen molar-refractivity contribution in [3.8, 4) is 0 Å². The molecule has 0 rings (SSSR count). The second-order valence-corrected chi connectivity index (χ2v) is 14.4. The number of carboxylic acids is 1. The van der Waals surface area contributed by atoms with Crippen molar-refractivity contribution in [2.45, 2.75) is 245 Å². The highest BCUT2D eigenvalue weighted by Gasteiger charge is 2.17. The molecule has 0 radical (unpaired) electrons. The van der Waals surface area contributed by atoms with Gasteiger partial charge in [-0.15, -0.1) is 0 Å². The van der Waals surface area contributed by atoms with Gasteiger partial charge in [0.1, 0.15) is 0 Å². The molecule has 0 aromatic rings. The summed E-state index contributed by atoms with van der Waals surface area (Å²) in [7, 11) is 0. The Balaban J connectivity index is 3.57. The average Bonchev–Trinajstić information content (AvgIpc) is 3.02. The van der Waals surface area contributed by atoms with Gasteiger partial charge in [0.05, 0.1) is 0 Å². The fourth-order valence-electron chi connectivity index (χ4n) is 6.90. The Morgan fingerprint density at radius 3 is 0.750 bits per heavy atom. The Labute approximate surface area is 278 Å². The third kappa shape index (κ3) is 32.6. The molecule has 2 heteroatoms. The normalized spacial score (nSPS) is 12.1. The van der Waals surface area contributed by atoms with Gasteiger partial charge in [0, 0.05) is 5.57 Å². The molecule has 0 aromatic carbocycles. The lowest BCUT2D eigenvalue weighted by molar-refractivity contribution is -0.133. The van der Waals surface area contributed by atoms with E-state index in [0.29, 0.717) is 5.57 Å². The van der Waals surface area contributed by atoms with E-state index in [0.717, 1.165) is 25.7 Å². The van der Waals surface area contributed by atoms with E-state index < -0.39 is 5.97 Å². The minimum Gasteiger partial charge on any atom is -0.478 e. The van der Waals surface area contributed by atoms with Crippen LogP contribution in [0.1, 0.15) is 245 Å². The molecule has 1 N–H and O–H groups in total. The van der Waals surface area contributed by atoms with Crippen molar-refractivity contribution in [2.24, 2.45) is 5.92 Å². The molecule has 0 spiro atoms. The molecule has 0 aliphatic heterocycles. The van der Waals surface area contributed by atoms with Crippen LogP contribution >= 0.6 is 0 Å². The summed E-state index contributed by atoms with van der Waals surface area (Å²) in [4.78, 5) is 11.6. The van der Waals surface area contributed by atoms with Crippen LogP contribution < -0.4 is 0 Å². The van der Waals surface area contributed by atoms with Crippen LogP contribution in [-0.4, -0.2) is 11.1 Å². The lowest BCUT2D eigenvalue weighted by atomic mass is 9.88. The van der Waals surface area contributed by atoms with Gasteiger partial charge in [0.25, 0.3) is 0 Å². The molecule has 0 aliphatic rings. The summed E-state index contributed by atoms with van der Waals surface area (Å²) in [6, 6.07) is 0. The first-order valence-electron chi connectivity index (χ1n) is 20.6. The Kier molecular flexibility index (Phi) is 36.0. The molecule has 1 unspecified atom stereocenters. The van der Waals surface area contributed by atoms with Gasteiger partial charge >= 0.3 is 5.97 Å². The van der Waals surface area contributed by atoms with Crippen molar-refractivity contribution in [2.75, 3.05) is 0 Å². The number of carbonyl (C=O) groups is 1. The number of aliphatic carboxylic acids is 1. The quantitative estimate of drug-likeness (QED) is 0.0552. The van der Waals surface area contributed by atoms with Crippen LogP contribution in [0.4, 0.5) is 0 Å². The van der Waals surface area contributed by atoms with Gasteiger partial charge in [0.2, 0.25) is 0 Å². The third-order valence-corrected chi connectivity index (χ3v) is 10.1. The molecule has 0 fully saturated rings. The summed E-state index contributed by atoms with van der Waals surface area (Å²) in [6.45, 7) is 8.53. The maximum atomic E-state index is 11.6. The second kappa shape index (κ2) is 36.7. The topological polar surface area (TPSA) is 37.3 Å². The van der Waals surface area contributed by atoms with Gasteiger partial charge in [-0.2, -0.15) is 0 Å². The van der Waals surface area contributed by atoms with Gasteiger partial charge in [-0.1, -0.05) is 239 Å². The molecule has 0 aromatic heterocycles. The molecule has 0 heterocycles. The lowest BCUT2D eigenvalue weighted by Gasteiger charge is -2.17. The van der Waals surface area contributed by atoms with Gasteiger partial charge in [-0.05, 0) is 18.8 Å². The highest BCUT2D eigenvalue weighted by molar-refractivity contribution is 5.86. The van der Waals surface area contributed by atoms with Crippen molar-refractivity contribution < 1.29 is 9.90 Å². The standard InChI is InChI=1S/C42H82O2/c1-4-6-8-10-12-14-16-18-20-22-23-25-27-29-31-33-35-37-39-41(40(3)42(43)44)38-36-34-32-30-28-26-24-21-19-17-15-13-11-9-7-5-2/h41H,3-39H2,1-2H3,(H,43,44). The Morgan fingerprint density at radius 1 is 0.386 bits per heavy atom. The van der Waals surface area contributed by atoms with Crippen LogP contribution in [0.3, 0.4) is 0 Å². The largest absolute Gasteiger partial charge is 0.478 e. The highest BCUT2D eigenvalue weighted by atomic mass is 16.4. The van der Waals surface area contributed by atoms with Gasteiger partial charge in [-0.25, -0.2) is 4.79 Å². The summed E-state index contributed by atoms with van der Waals surface area (Å²) in [5.41, 5.74) is 0.456. The van der Waals surface area contributed by atoms with E-state index in [9.17, 15) is 9.90 Å². The minimum atomic E-state index is -0.783. The number of hydrogen-bond acceptors (Lipinski definition) is 1.